The van der Waals surface area contributed by atoms with Gasteiger partial charge in [0.2, 0.25) is 9.84 Å². The largest absolute Gasteiger partial charge is 0.387 e. The zero-order chi connectivity index (χ0) is 25.5. The molecule has 0 saturated carbocycles. The van der Waals surface area contributed by atoms with Crippen LogP contribution in [0, 0.1) is 0 Å². The van der Waals surface area contributed by atoms with Crippen molar-refractivity contribution in [2.75, 3.05) is 18.4 Å². The summed E-state index contributed by atoms with van der Waals surface area (Å²) >= 11 is 5.96. The van der Waals surface area contributed by atoms with Crippen molar-refractivity contribution >= 4 is 33.3 Å². The number of nitrogens with one attached hydrogen (secondary N) is 3. The second-order valence-corrected chi connectivity index (χ2v) is 10.3. The molecule has 0 aliphatic heterocycles. The van der Waals surface area contributed by atoms with E-state index in [1.807, 2.05) is 6.07 Å². The monoisotopic (exact) mass is 526 g/mol. The van der Waals surface area contributed by atoms with Crippen LogP contribution in [0.4, 0.5) is 5.95 Å². The SMILES string of the molecule is O=C(Nc1nn[nH]n1)c1cccc(S(=O)(=O)c2ccc(CCNC[C@@H](O)c3cccc(Cl)c3)cc2)c1. The van der Waals surface area contributed by atoms with Gasteiger partial charge in [-0.05, 0) is 71.8 Å². The normalized spacial score (nSPS) is 12.3. The van der Waals surface area contributed by atoms with Gasteiger partial charge in [-0.25, -0.2) is 8.42 Å². The summed E-state index contributed by atoms with van der Waals surface area (Å²) in [5, 5.41) is 29.3. The molecule has 0 spiro atoms. The molecule has 0 aliphatic carbocycles. The van der Waals surface area contributed by atoms with Gasteiger partial charge >= 0.3 is 0 Å². The summed E-state index contributed by atoms with van der Waals surface area (Å²) in [6.45, 7) is 0.963. The van der Waals surface area contributed by atoms with Crippen molar-refractivity contribution in [3.8, 4) is 0 Å². The first-order valence-corrected chi connectivity index (χ1v) is 12.8. The fraction of sp³-hybridized carbons (Fsp3) is 0.167. The molecular weight excluding hydrogens is 504 g/mol. The standard InChI is InChI=1S/C24H23ClN6O4S/c25-19-5-1-3-17(13-19)22(32)15-26-12-11-16-7-9-20(10-8-16)36(34,35)21-6-2-4-18(14-21)23(33)27-24-28-30-31-29-24/h1-10,13-14,22,26,32H,11-12,15H2,(H2,27,28,29,30,31,33)/t22-/m1/s1. The van der Waals surface area contributed by atoms with Gasteiger partial charge in [-0.15, -0.1) is 5.10 Å². The van der Waals surface area contributed by atoms with Crippen LogP contribution in [0.15, 0.2) is 82.6 Å². The van der Waals surface area contributed by atoms with E-state index in [2.05, 4.69) is 31.3 Å². The van der Waals surface area contributed by atoms with Crippen molar-refractivity contribution in [3.05, 3.63) is 94.5 Å². The predicted molar refractivity (Wildman–Crippen MR) is 133 cm³/mol. The van der Waals surface area contributed by atoms with Crippen molar-refractivity contribution in [1.82, 2.24) is 25.9 Å². The van der Waals surface area contributed by atoms with Crippen LogP contribution in [0.2, 0.25) is 5.02 Å². The Hall–Kier alpha value is -3.64. The van der Waals surface area contributed by atoms with Gasteiger partial charge in [0.15, 0.2) is 0 Å². The van der Waals surface area contributed by atoms with Gasteiger partial charge in [-0.2, -0.15) is 5.21 Å². The van der Waals surface area contributed by atoms with E-state index in [1.165, 1.54) is 36.4 Å². The molecule has 0 aliphatic rings. The summed E-state index contributed by atoms with van der Waals surface area (Å²) in [4.78, 5) is 12.5. The minimum absolute atomic E-state index is 0.00678. The molecule has 1 amide bonds. The number of sulfone groups is 1. The summed E-state index contributed by atoms with van der Waals surface area (Å²) in [6.07, 6.45) is -0.0322. The Kier molecular flexibility index (Phi) is 8.06. The topological polar surface area (TPSA) is 150 Å². The molecule has 1 atom stereocenters. The highest BCUT2D eigenvalue weighted by Crippen LogP contribution is 2.23. The number of carbonyl (C=O) groups is 1. The maximum Gasteiger partial charge on any atom is 0.270 e. The molecule has 0 fully saturated rings. The highest BCUT2D eigenvalue weighted by molar-refractivity contribution is 7.91. The lowest BCUT2D eigenvalue weighted by Crippen LogP contribution is -2.23. The van der Waals surface area contributed by atoms with Gasteiger partial charge in [0.1, 0.15) is 0 Å². The van der Waals surface area contributed by atoms with Crippen LogP contribution in [0.25, 0.3) is 0 Å². The second kappa shape index (κ2) is 11.4. The highest BCUT2D eigenvalue weighted by atomic mass is 35.5. The molecule has 0 saturated heterocycles. The summed E-state index contributed by atoms with van der Waals surface area (Å²) in [5.41, 5.74) is 1.82. The number of tetrazole rings is 1. The molecule has 4 rings (SSSR count). The molecular formula is C24H23ClN6O4S. The number of hydrogen-bond donors (Lipinski definition) is 4. The molecule has 1 aromatic heterocycles. The second-order valence-electron chi connectivity index (χ2n) is 7.89. The average molecular weight is 527 g/mol. The van der Waals surface area contributed by atoms with Crippen LogP contribution < -0.4 is 10.6 Å². The van der Waals surface area contributed by atoms with Gasteiger partial charge in [0.05, 0.1) is 15.9 Å². The number of aromatic amines is 1. The number of aliphatic hydroxyl groups is 1. The molecule has 186 valence electrons. The number of nitrogens with zero attached hydrogens (tertiary/aromatic N) is 3. The number of aliphatic hydroxyl groups excluding tert-OH is 1. The fourth-order valence-corrected chi connectivity index (χ4v) is 4.97. The van der Waals surface area contributed by atoms with Crippen molar-refractivity contribution in [1.29, 1.82) is 0 Å². The first-order valence-electron chi connectivity index (χ1n) is 11.0. The highest BCUT2D eigenvalue weighted by Gasteiger charge is 2.20. The number of anilines is 1. The van der Waals surface area contributed by atoms with Crippen molar-refractivity contribution in [2.24, 2.45) is 0 Å². The van der Waals surface area contributed by atoms with Gasteiger partial charge in [-0.1, -0.05) is 47.0 Å². The van der Waals surface area contributed by atoms with E-state index >= 15 is 0 Å². The van der Waals surface area contributed by atoms with Crippen LogP contribution >= 0.6 is 11.6 Å². The van der Waals surface area contributed by atoms with Crippen LogP contribution in [0.5, 0.6) is 0 Å². The average Bonchev–Trinajstić information content (AvgIpc) is 3.40. The van der Waals surface area contributed by atoms with Gasteiger partial charge in [0.25, 0.3) is 11.9 Å². The lowest BCUT2D eigenvalue weighted by atomic mass is 10.1. The quantitative estimate of drug-likeness (QED) is 0.230. The predicted octanol–water partition coefficient (Wildman–Crippen LogP) is 2.80. The summed E-state index contributed by atoms with van der Waals surface area (Å²) in [5.74, 6) is -0.575. The molecule has 10 nitrogen and oxygen atoms in total. The molecule has 4 N–H and O–H groups in total. The Morgan fingerprint density at radius 2 is 1.81 bits per heavy atom. The third-order valence-corrected chi connectivity index (χ3v) is 7.37. The van der Waals surface area contributed by atoms with Crippen LogP contribution in [0.1, 0.15) is 27.6 Å². The Morgan fingerprint density at radius 1 is 1.03 bits per heavy atom. The smallest absolute Gasteiger partial charge is 0.270 e. The lowest BCUT2D eigenvalue weighted by Gasteiger charge is -2.13. The minimum atomic E-state index is -3.83. The molecule has 0 unspecified atom stereocenters. The zero-order valence-corrected chi connectivity index (χ0v) is 20.5. The number of amides is 1. The molecule has 36 heavy (non-hydrogen) atoms. The van der Waals surface area contributed by atoms with Gasteiger partial charge in [-0.3, -0.25) is 10.1 Å². The molecule has 3 aromatic carbocycles. The van der Waals surface area contributed by atoms with E-state index < -0.39 is 21.8 Å². The number of aromatic nitrogens is 4. The fourth-order valence-electron chi connectivity index (χ4n) is 3.47. The molecule has 1 heterocycles. The van der Waals surface area contributed by atoms with Gasteiger partial charge in [0, 0.05) is 17.1 Å². The molecule has 4 aromatic rings. The van der Waals surface area contributed by atoms with Crippen molar-refractivity contribution in [3.63, 3.8) is 0 Å². The lowest BCUT2D eigenvalue weighted by molar-refractivity contribution is 0.102. The van der Waals surface area contributed by atoms with Crippen LogP contribution in [-0.4, -0.2) is 53.1 Å². The third-order valence-electron chi connectivity index (χ3n) is 5.37. The zero-order valence-electron chi connectivity index (χ0n) is 18.9. The molecule has 0 radical (unpaired) electrons. The van der Waals surface area contributed by atoms with Crippen LogP contribution in [0.3, 0.4) is 0 Å². The number of benzene rings is 3. The van der Waals surface area contributed by atoms with E-state index in [0.717, 1.165) is 11.1 Å². The first-order chi connectivity index (χ1) is 17.3. The number of H-pyrrole nitrogens is 1. The Bertz CT molecular complexity index is 1430. The first kappa shape index (κ1) is 25.5. The van der Waals surface area contributed by atoms with E-state index in [1.54, 1.807) is 30.3 Å². The van der Waals surface area contributed by atoms with Crippen molar-refractivity contribution < 1.29 is 18.3 Å². The molecule has 0 bridgehead atoms. The third kappa shape index (κ3) is 6.32. The van der Waals surface area contributed by atoms with E-state index in [4.69, 9.17) is 11.6 Å². The summed E-state index contributed by atoms with van der Waals surface area (Å²) in [7, 11) is -3.83. The maximum atomic E-state index is 13.1. The van der Waals surface area contributed by atoms with Gasteiger partial charge < -0.3 is 10.4 Å². The van der Waals surface area contributed by atoms with Crippen molar-refractivity contribution in [2.45, 2.75) is 22.3 Å². The summed E-state index contributed by atoms with van der Waals surface area (Å²) < 4.78 is 26.2. The minimum Gasteiger partial charge on any atom is -0.387 e. The van der Waals surface area contributed by atoms with E-state index in [9.17, 15) is 18.3 Å². The molecule has 12 heteroatoms. The Labute approximate surface area is 212 Å². The maximum absolute atomic E-state index is 13.1. The van der Waals surface area contributed by atoms with E-state index in [-0.39, 0.29) is 21.3 Å². The number of carbonyl (C=O) groups excluding carboxylic acids is 1. The Morgan fingerprint density at radius 3 is 2.53 bits per heavy atom. The van der Waals surface area contributed by atoms with E-state index in [0.29, 0.717) is 24.5 Å². The Balaban J connectivity index is 1.34. The number of rotatable bonds is 10. The van der Waals surface area contributed by atoms with Crippen LogP contribution in [-0.2, 0) is 16.3 Å². The number of hydrogen-bond acceptors (Lipinski definition) is 8. The summed E-state index contributed by atoms with van der Waals surface area (Å²) in [6, 6.07) is 19.4. The number of halogens is 1.